The van der Waals surface area contributed by atoms with Gasteiger partial charge in [-0.2, -0.15) is 0 Å². The summed E-state index contributed by atoms with van der Waals surface area (Å²) in [6.07, 6.45) is -0.0139. The first-order chi connectivity index (χ1) is 15.5. The number of aliphatic imine (C=N–C) groups is 1. The Kier molecular flexibility index (Phi) is 7.30. The van der Waals surface area contributed by atoms with Crippen molar-refractivity contribution in [2.45, 2.75) is 32.6 Å². The quantitative estimate of drug-likeness (QED) is 0.553. The molecular formula is C21H28N6O5S. The second-order valence-corrected chi connectivity index (χ2v) is 9.77. The maximum absolute atomic E-state index is 13.3. The number of sulfonamides is 1. The minimum atomic E-state index is -3.89. The molecule has 2 aromatic heterocycles. The number of amides is 1. The fraction of sp³-hybridized carbons (Fsp3) is 0.429. The molecule has 1 fully saturated rings. The van der Waals surface area contributed by atoms with Gasteiger partial charge in [-0.05, 0) is 51.3 Å². The van der Waals surface area contributed by atoms with Crippen LogP contribution < -0.4 is 16.0 Å². The van der Waals surface area contributed by atoms with Crippen molar-refractivity contribution in [2.24, 2.45) is 4.99 Å². The molecule has 1 amide bonds. The van der Waals surface area contributed by atoms with Gasteiger partial charge < -0.3 is 10.5 Å². The van der Waals surface area contributed by atoms with Crippen LogP contribution in [0.4, 0.5) is 11.4 Å². The summed E-state index contributed by atoms with van der Waals surface area (Å²) in [5.74, 6) is -0.272. The van der Waals surface area contributed by atoms with Crippen molar-refractivity contribution in [2.75, 3.05) is 36.8 Å². The van der Waals surface area contributed by atoms with Crippen LogP contribution in [0.5, 0.6) is 0 Å². The molecule has 0 aliphatic carbocycles. The Morgan fingerprint density at radius 2 is 2.00 bits per heavy atom. The van der Waals surface area contributed by atoms with Gasteiger partial charge in [0.1, 0.15) is 11.1 Å². The van der Waals surface area contributed by atoms with E-state index in [4.69, 9.17) is 10.5 Å². The first-order valence-electron chi connectivity index (χ1n) is 10.4. The summed E-state index contributed by atoms with van der Waals surface area (Å²) in [7, 11) is -3.89. The van der Waals surface area contributed by atoms with Crippen LogP contribution in [-0.2, 0) is 26.0 Å². The van der Waals surface area contributed by atoms with Gasteiger partial charge in [0.05, 0.1) is 25.3 Å². The number of morpholine rings is 1. The number of nitrogens with two attached hydrogens (primary N) is 1. The summed E-state index contributed by atoms with van der Waals surface area (Å²) in [6, 6.07) is 4.59. The van der Waals surface area contributed by atoms with Crippen molar-refractivity contribution in [3.63, 3.8) is 0 Å². The molecule has 178 valence electrons. The molecule has 33 heavy (non-hydrogen) atoms. The molecule has 0 bridgehead atoms. The molecule has 12 heteroatoms. The molecule has 11 nitrogen and oxygen atoms in total. The summed E-state index contributed by atoms with van der Waals surface area (Å²) in [4.78, 5) is 34.5. The van der Waals surface area contributed by atoms with E-state index in [1.54, 1.807) is 37.8 Å². The van der Waals surface area contributed by atoms with Gasteiger partial charge in [0.25, 0.3) is 5.56 Å². The van der Waals surface area contributed by atoms with Gasteiger partial charge in [-0.25, -0.2) is 18.4 Å². The highest BCUT2D eigenvalue weighted by Crippen LogP contribution is 2.21. The molecule has 1 saturated heterocycles. The van der Waals surface area contributed by atoms with Gasteiger partial charge in [0, 0.05) is 24.5 Å². The van der Waals surface area contributed by atoms with Gasteiger partial charge in [-0.15, -0.1) is 0 Å². The lowest BCUT2D eigenvalue weighted by Crippen LogP contribution is -2.47. The molecule has 0 radical (unpaired) electrons. The van der Waals surface area contributed by atoms with Crippen LogP contribution in [0.15, 0.2) is 28.0 Å². The van der Waals surface area contributed by atoms with E-state index in [9.17, 15) is 18.0 Å². The van der Waals surface area contributed by atoms with Crippen molar-refractivity contribution >= 4 is 34.0 Å². The maximum atomic E-state index is 13.3. The van der Waals surface area contributed by atoms with E-state index >= 15 is 0 Å². The van der Waals surface area contributed by atoms with Crippen LogP contribution in [0.1, 0.15) is 23.9 Å². The standard InChI is InChI=1S/C21H28N6O5S/c1-13-5-6-18(25-33(30,31)15(3)26-7-9-32-10-8-26)21(29)27(13)20-17(22)11-16(14(2)24-20)12-19(28)23-4/h5-6,11,15,25H,4,7-10,12,22H2,1-3H3. The number of hydrogen-bond acceptors (Lipinski definition) is 8. The number of aryl methyl sites for hydroxylation is 2. The van der Waals surface area contributed by atoms with Crippen LogP contribution in [-0.4, -0.2) is 67.2 Å². The fourth-order valence-electron chi connectivity index (χ4n) is 3.58. The maximum Gasteiger partial charge on any atom is 0.280 e. The molecule has 0 spiro atoms. The van der Waals surface area contributed by atoms with Crippen LogP contribution in [0.3, 0.4) is 0 Å². The van der Waals surface area contributed by atoms with E-state index in [0.717, 1.165) is 0 Å². The van der Waals surface area contributed by atoms with Crippen molar-refractivity contribution in [3.8, 4) is 5.82 Å². The van der Waals surface area contributed by atoms with E-state index < -0.39 is 26.9 Å². The number of carbonyl (C=O) groups is 1. The largest absolute Gasteiger partial charge is 0.396 e. The number of anilines is 2. The number of hydrogen-bond donors (Lipinski definition) is 2. The van der Waals surface area contributed by atoms with E-state index in [0.29, 0.717) is 43.3 Å². The Labute approximate surface area is 192 Å². The third-order valence-corrected chi connectivity index (χ3v) is 7.30. The lowest BCUT2D eigenvalue weighted by atomic mass is 10.1. The monoisotopic (exact) mass is 476 g/mol. The van der Waals surface area contributed by atoms with Crippen LogP contribution in [0.25, 0.3) is 5.82 Å². The minimum absolute atomic E-state index is 0.0139. The lowest BCUT2D eigenvalue weighted by Gasteiger charge is -2.31. The molecule has 2 aromatic rings. The summed E-state index contributed by atoms with van der Waals surface area (Å²) >= 11 is 0. The molecular weight excluding hydrogens is 448 g/mol. The third-order valence-electron chi connectivity index (χ3n) is 5.59. The minimum Gasteiger partial charge on any atom is -0.396 e. The predicted molar refractivity (Wildman–Crippen MR) is 126 cm³/mol. The summed E-state index contributed by atoms with van der Waals surface area (Å²) in [6.45, 7) is 10.0. The molecule has 1 aliphatic heterocycles. The first kappa shape index (κ1) is 24.6. The average Bonchev–Trinajstić information content (AvgIpc) is 2.78. The summed E-state index contributed by atoms with van der Waals surface area (Å²) in [5.41, 5.74) is 7.18. The van der Waals surface area contributed by atoms with Crippen molar-refractivity contribution in [1.29, 1.82) is 0 Å². The van der Waals surface area contributed by atoms with Crippen LogP contribution in [0, 0.1) is 13.8 Å². The zero-order chi connectivity index (χ0) is 24.3. The molecule has 1 unspecified atom stereocenters. The van der Waals surface area contributed by atoms with Gasteiger partial charge in [0.2, 0.25) is 15.9 Å². The molecule has 1 atom stereocenters. The molecule has 3 N–H and O–H groups in total. The number of nitrogen functional groups attached to an aromatic ring is 1. The van der Waals surface area contributed by atoms with Gasteiger partial charge in [-0.3, -0.25) is 23.8 Å². The fourth-order valence-corrected chi connectivity index (χ4v) is 4.81. The second kappa shape index (κ2) is 9.81. The Bertz CT molecular complexity index is 1230. The van der Waals surface area contributed by atoms with Gasteiger partial charge in [0.15, 0.2) is 5.82 Å². The van der Waals surface area contributed by atoms with E-state index in [2.05, 4.69) is 21.4 Å². The molecule has 0 saturated carbocycles. The Morgan fingerprint density at radius 1 is 1.33 bits per heavy atom. The highest BCUT2D eigenvalue weighted by Gasteiger charge is 2.29. The Balaban J connectivity index is 1.98. The number of rotatable bonds is 7. The van der Waals surface area contributed by atoms with Crippen molar-refractivity contribution in [3.05, 3.63) is 45.5 Å². The molecule has 3 rings (SSSR count). The smallest absolute Gasteiger partial charge is 0.280 e. The predicted octanol–water partition coefficient (Wildman–Crippen LogP) is 0.621. The number of aromatic nitrogens is 2. The van der Waals surface area contributed by atoms with Crippen LogP contribution >= 0.6 is 0 Å². The topological polar surface area (TPSA) is 149 Å². The van der Waals surface area contributed by atoms with Crippen molar-refractivity contribution in [1.82, 2.24) is 14.5 Å². The van der Waals surface area contributed by atoms with Crippen molar-refractivity contribution < 1.29 is 17.9 Å². The average molecular weight is 477 g/mol. The third kappa shape index (κ3) is 5.29. The highest BCUT2D eigenvalue weighted by atomic mass is 32.2. The molecule has 3 heterocycles. The summed E-state index contributed by atoms with van der Waals surface area (Å²) in [5, 5.41) is -0.851. The van der Waals surface area contributed by atoms with Gasteiger partial charge in [-0.1, -0.05) is 0 Å². The number of pyridine rings is 2. The number of nitrogens with zero attached hydrogens (tertiary/aromatic N) is 4. The Morgan fingerprint density at radius 3 is 2.64 bits per heavy atom. The number of ether oxygens (including phenoxy) is 1. The van der Waals surface area contributed by atoms with Gasteiger partial charge >= 0.3 is 0 Å². The zero-order valence-electron chi connectivity index (χ0n) is 18.9. The molecule has 1 aliphatic rings. The number of nitrogens with one attached hydrogen (secondary N) is 1. The molecule has 0 aromatic carbocycles. The summed E-state index contributed by atoms with van der Waals surface area (Å²) < 4.78 is 34.9. The van der Waals surface area contributed by atoms with E-state index in [1.165, 1.54) is 10.6 Å². The number of carbonyl (C=O) groups excluding carboxylic acids is 1. The second-order valence-electron chi connectivity index (χ2n) is 7.80. The zero-order valence-corrected chi connectivity index (χ0v) is 19.7. The first-order valence-corrected chi connectivity index (χ1v) is 11.9. The SMILES string of the molecule is C=NC(=O)Cc1cc(N)c(-n2c(C)ccc(NS(=O)(=O)C(C)N3CCOCC3)c2=O)nc1C. The highest BCUT2D eigenvalue weighted by molar-refractivity contribution is 7.93. The van der Waals surface area contributed by atoms with E-state index in [-0.39, 0.29) is 23.6 Å². The Hall–Kier alpha value is -3.09. The van der Waals surface area contributed by atoms with E-state index in [1.807, 2.05) is 0 Å². The lowest BCUT2D eigenvalue weighted by molar-refractivity contribution is -0.117. The normalized spacial score (nSPS) is 15.7. The van der Waals surface area contributed by atoms with Crippen LogP contribution in [0.2, 0.25) is 0 Å².